The van der Waals surface area contributed by atoms with Gasteiger partial charge in [-0.15, -0.1) is 0 Å². The highest BCUT2D eigenvalue weighted by Gasteiger charge is 2.30. The predicted molar refractivity (Wildman–Crippen MR) is 183 cm³/mol. The Morgan fingerprint density at radius 1 is 0.625 bits per heavy atom. The van der Waals surface area contributed by atoms with Crippen molar-refractivity contribution in [3.63, 3.8) is 0 Å². The summed E-state index contributed by atoms with van der Waals surface area (Å²) < 4.78 is 76.9. The SMILES string of the molecule is FC(F)(F)c1ccc(CCN2CN=C(SCc3cc(Cl)c(Cl)cc3CSC3=NCN(CCc4ccc(C(F)(F)F)cc4)CN3)NC2)cc1. The van der Waals surface area contributed by atoms with Crippen LogP contribution >= 0.6 is 46.7 Å². The minimum atomic E-state index is -4.34. The first-order valence-electron chi connectivity index (χ1n) is 14.9. The lowest BCUT2D eigenvalue weighted by Crippen LogP contribution is -2.42. The molecule has 0 radical (unpaired) electrons. The highest BCUT2D eigenvalue weighted by molar-refractivity contribution is 8.13. The van der Waals surface area contributed by atoms with Gasteiger partial charge in [0.25, 0.3) is 0 Å². The van der Waals surface area contributed by atoms with Gasteiger partial charge in [-0.3, -0.25) is 9.80 Å². The number of benzene rings is 3. The van der Waals surface area contributed by atoms with Crippen molar-refractivity contribution in [3.8, 4) is 0 Å². The molecule has 0 aliphatic carbocycles. The van der Waals surface area contributed by atoms with Crippen LogP contribution in [-0.4, -0.2) is 59.9 Å². The van der Waals surface area contributed by atoms with E-state index in [1.807, 2.05) is 12.1 Å². The second-order valence-electron chi connectivity index (χ2n) is 11.2. The number of hydrogen-bond donors (Lipinski definition) is 2. The number of hydrogen-bond acceptors (Lipinski definition) is 8. The van der Waals surface area contributed by atoms with E-state index in [-0.39, 0.29) is 0 Å². The first-order valence-corrected chi connectivity index (χ1v) is 17.6. The van der Waals surface area contributed by atoms with Gasteiger partial charge in [0, 0.05) is 24.6 Å². The Morgan fingerprint density at radius 3 is 1.31 bits per heavy atom. The molecule has 258 valence electrons. The normalized spacial score (nSPS) is 16.2. The van der Waals surface area contributed by atoms with Crippen molar-refractivity contribution in [1.29, 1.82) is 0 Å². The molecule has 2 heterocycles. The van der Waals surface area contributed by atoms with Crippen LogP contribution in [0.5, 0.6) is 0 Å². The summed E-state index contributed by atoms with van der Waals surface area (Å²) in [6.45, 7) is 3.41. The Labute approximate surface area is 293 Å². The van der Waals surface area contributed by atoms with E-state index >= 15 is 0 Å². The van der Waals surface area contributed by atoms with Gasteiger partial charge in [0.15, 0.2) is 10.3 Å². The Bertz CT molecular complexity index is 1480. The zero-order chi connectivity index (χ0) is 34.3. The number of amidine groups is 2. The van der Waals surface area contributed by atoms with Crippen molar-refractivity contribution in [2.45, 2.75) is 36.7 Å². The van der Waals surface area contributed by atoms with Crippen molar-refractivity contribution >= 4 is 57.1 Å². The molecule has 0 aromatic heterocycles. The van der Waals surface area contributed by atoms with Gasteiger partial charge in [-0.25, -0.2) is 9.98 Å². The van der Waals surface area contributed by atoms with Gasteiger partial charge in [-0.05, 0) is 71.5 Å². The van der Waals surface area contributed by atoms with E-state index in [4.69, 9.17) is 23.2 Å². The van der Waals surface area contributed by atoms with Crippen LogP contribution in [0.2, 0.25) is 10.0 Å². The van der Waals surface area contributed by atoms with Crippen LogP contribution in [0.1, 0.15) is 33.4 Å². The second kappa shape index (κ2) is 16.4. The molecule has 0 amide bonds. The number of alkyl halides is 6. The molecular weight excluding hydrogens is 717 g/mol. The average molecular weight is 750 g/mol. The van der Waals surface area contributed by atoms with Crippen molar-refractivity contribution in [2.24, 2.45) is 9.98 Å². The van der Waals surface area contributed by atoms with Gasteiger partial charge in [-0.1, -0.05) is 71.0 Å². The number of nitrogens with zero attached hydrogens (tertiary/aromatic N) is 4. The van der Waals surface area contributed by atoms with E-state index in [0.29, 0.717) is 74.2 Å². The smallest absolute Gasteiger partial charge is 0.352 e. The van der Waals surface area contributed by atoms with E-state index in [9.17, 15) is 26.3 Å². The molecule has 0 saturated carbocycles. The van der Waals surface area contributed by atoms with Gasteiger partial charge in [0.2, 0.25) is 0 Å². The summed E-state index contributed by atoms with van der Waals surface area (Å²) in [7, 11) is 0. The highest BCUT2D eigenvalue weighted by Crippen LogP contribution is 2.32. The lowest BCUT2D eigenvalue weighted by molar-refractivity contribution is -0.138. The molecule has 0 saturated heterocycles. The molecule has 0 spiro atoms. The predicted octanol–water partition coefficient (Wildman–Crippen LogP) is 8.34. The summed E-state index contributed by atoms with van der Waals surface area (Å²) in [4.78, 5) is 13.4. The molecule has 2 aliphatic heterocycles. The third kappa shape index (κ3) is 10.7. The van der Waals surface area contributed by atoms with Crippen molar-refractivity contribution in [2.75, 3.05) is 39.8 Å². The number of halogens is 8. The van der Waals surface area contributed by atoms with E-state index in [1.165, 1.54) is 24.3 Å². The number of aliphatic imine (C=N–C) groups is 2. The van der Waals surface area contributed by atoms with Crippen LogP contribution in [0.3, 0.4) is 0 Å². The topological polar surface area (TPSA) is 55.3 Å². The van der Waals surface area contributed by atoms with Crippen molar-refractivity contribution in [1.82, 2.24) is 20.4 Å². The van der Waals surface area contributed by atoms with E-state index < -0.39 is 23.5 Å². The Morgan fingerprint density at radius 2 is 1.00 bits per heavy atom. The molecule has 16 heteroatoms. The molecule has 0 unspecified atom stereocenters. The molecule has 3 aromatic carbocycles. The fourth-order valence-electron chi connectivity index (χ4n) is 4.88. The third-order valence-corrected chi connectivity index (χ3v) is 10.4. The summed E-state index contributed by atoms with van der Waals surface area (Å²) in [5.41, 5.74) is 2.40. The molecule has 2 N–H and O–H groups in total. The second-order valence-corrected chi connectivity index (χ2v) is 13.9. The quantitative estimate of drug-likeness (QED) is 0.204. The molecular formula is C32H32Cl2F6N6S2. The Hall–Kier alpha value is -2.62. The molecule has 48 heavy (non-hydrogen) atoms. The van der Waals surface area contributed by atoms with Crippen LogP contribution in [0.4, 0.5) is 26.3 Å². The maximum Gasteiger partial charge on any atom is 0.416 e. The number of nitrogens with one attached hydrogen (secondary N) is 2. The summed E-state index contributed by atoms with van der Waals surface area (Å²) >= 11 is 15.8. The van der Waals surface area contributed by atoms with Gasteiger partial charge in [0.05, 0.1) is 47.8 Å². The van der Waals surface area contributed by atoms with Crippen LogP contribution in [0, 0.1) is 0 Å². The molecule has 0 bridgehead atoms. The largest absolute Gasteiger partial charge is 0.416 e. The summed E-state index contributed by atoms with van der Waals surface area (Å²) in [5.74, 6) is 1.23. The maximum atomic E-state index is 12.8. The number of rotatable bonds is 10. The van der Waals surface area contributed by atoms with Crippen LogP contribution in [0.15, 0.2) is 70.6 Å². The zero-order valence-electron chi connectivity index (χ0n) is 25.5. The fraction of sp³-hybridized carbons (Fsp3) is 0.375. The lowest BCUT2D eigenvalue weighted by atomic mass is 10.1. The minimum Gasteiger partial charge on any atom is -0.352 e. The molecule has 6 nitrogen and oxygen atoms in total. The van der Waals surface area contributed by atoms with Crippen LogP contribution < -0.4 is 10.6 Å². The molecule has 3 aromatic rings. The Balaban J connectivity index is 1.07. The van der Waals surface area contributed by atoms with Crippen molar-refractivity contribution < 1.29 is 26.3 Å². The third-order valence-electron chi connectivity index (χ3n) is 7.70. The molecule has 5 rings (SSSR count). The summed E-state index contributed by atoms with van der Waals surface area (Å²) in [6.07, 6.45) is -7.45. The van der Waals surface area contributed by atoms with Gasteiger partial charge >= 0.3 is 12.4 Å². The minimum absolute atomic E-state index is 0.464. The first kappa shape index (κ1) is 36.7. The van der Waals surface area contributed by atoms with Crippen LogP contribution in [0.25, 0.3) is 0 Å². The fourth-order valence-corrected chi connectivity index (χ4v) is 7.00. The Kier molecular flexibility index (Phi) is 12.5. The van der Waals surface area contributed by atoms with Crippen molar-refractivity contribution in [3.05, 3.63) is 104 Å². The monoisotopic (exact) mass is 748 g/mol. The summed E-state index contributed by atoms with van der Waals surface area (Å²) in [5, 5.41) is 9.14. The van der Waals surface area contributed by atoms with Gasteiger partial charge in [-0.2, -0.15) is 26.3 Å². The standard InChI is InChI=1S/C32H32Cl2F6N6S2/c33-27-13-23(15-47-29-41-17-45(18-42-29)11-9-21-1-5-25(6-2-21)31(35,36)37)24(14-28(27)34)16-48-30-43-19-46(20-44-30)12-10-22-3-7-26(8-4-22)32(38,39)40/h1-8,13-14H,9-12,15-20H2,(H,41,42)(H,43,44). The average Bonchev–Trinajstić information content (AvgIpc) is 3.06. The zero-order valence-corrected chi connectivity index (χ0v) is 28.6. The highest BCUT2D eigenvalue weighted by atomic mass is 35.5. The van der Waals surface area contributed by atoms with Crippen LogP contribution in [-0.2, 0) is 36.7 Å². The van der Waals surface area contributed by atoms with Gasteiger partial charge in [0.1, 0.15) is 0 Å². The van der Waals surface area contributed by atoms with E-state index in [0.717, 1.165) is 56.9 Å². The molecule has 0 atom stereocenters. The first-order chi connectivity index (χ1) is 22.8. The summed E-state index contributed by atoms with van der Waals surface area (Å²) in [6, 6.07) is 14.2. The van der Waals surface area contributed by atoms with E-state index in [2.05, 4.69) is 30.4 Å². The lowest BCUT2D eigenvalue weighted by Gasteiger charge is -2.27. The molecule has 0 fully saturated rings. The van der Waals surface area contributed by atoms with Gasteiger partial charge < -0.3 is 10.6 Å². The van der Waals surface area contributed by atoms with E-state index in [1.54, 1.807) is 23.5 Å². The number of thioether (sulfide) groups is 2. The molecule has 2 aliphatic rings. The maximum absolute atomic E-state index is 12.8.